The van der Waals surface area contributed by atoms with Crippen molar-refractivity contribution in [1.82, 2.24) is 4.90 Å². The van der Waals surface area contributed by atoms with Crippen molar-refractivity contribution in [3.05, 3.63) is 64.5 Å². The largest absolute Gasteiger partial charge is 0.487 e. The summed E-state index contributed by atoms with van der Waals surface area (Å²) in [6, 6.07) is 11.3. The van der Waals surface area contributed by atoms with Crippen molar-refractivity contribution in [2.75, 3.05) is 13.1 Å². The van der Waals surface area contributed by atoms with Crippen molar-refractivity contribution in [3.8, 4) is 5.75 Å². The number of carbonyl (C=O) groups excluding carboxylic acids is 1. The van der Waals surface area contributed by atoms with Crippen LogP contribution in [0.5, 0.6) is 5.75 Å². The minimum absolute atomic E-state index is 0.0916. The van der Waals surface area contributed by atoms with Gasteiger partial charge in [-0.3, -0.25) is 4.79 Å². The summed E-state index contributed by atoms with van der Waals surface area (Å²) in [4.78, 5) is 14.8. The van der Waals surface area contributed by atoms with Gasteiger partial charge in [-0.2, -0.15) is 0 Å². The Morgan fingerprint density at radius 1 is 1.07 bits per heavy atom. The lowest BCUT2D eigenvalue weighted by atomic mass is 9.82. The van der Waals surface area contributed by atoms with Gasteiger partial charge >= 0.3 is 0 Å². The zero-order valence-corrected chi connectivity index (χ0v) is 17.8. The number of hydrogen-bond donors (Lipinski definition) is 0. The fourth-order valence-electron chi connectivity index (χ4n) is 4.56. The number of piperidine rings is 1. The maximum atomic E-state index is 14.5. The van der Waals surface area contributed by atoms with E-state index < -0.39 is 0 Å². The van der Waals surface area contributed by atoms with Crippen molar-refractivity contribution in [2.45, 2.75) is 64.4 Å². The van der Waals surface area contributed by atoms with E-state index in [1.807, 2.05) is 25.7 Å². The Labute approximate surface area is 172 Å². The van der Waals surface area contributed by atoms with E-state index in [9.17, 15) is 9.18 Å². The zero-order chi connectivity index (χ0) is 20.8. The lowest BCUT2D eigenvalue weighted by molar-refractivity contribution is -0.0107. The fourth-order valence-corrected chi connectivity index (χ4v) is 4.56. The van der Waals surface area contributed by atoms with Crippen molar-refractivity contribution in [3.63, 3.8) is 0 Å². The molecule has 0 bridgehead atoms. The average molecular weight is 396 g/mol. The van der Waals surface area contributed by atoms with E-state index in [4.69, 9.17) is 4.74 Å². The molecule has 0 unspecified atom stereocenters. The van der Waals surface area contributed by atoms with Crippen LogP contribution in [0.25, 0.3) is 0 Å². The molecule has 2 heterocycles. The van der Waals surface area contributed by atoms with Gasteiger partial charge in [0.2, 0.25) is 0 Å². The number of ether oxygens (including phenoxy) is 1. The number of fused-ring (bicyclic) bond motifs is 1. The monoisotopic (exact) mass is 395 g/mol. The quantitative estimate of drug-likeness (QED) is 0.644. The van der Waals surface area contributed by atoms with Crippen LogP contribution in [0, 0.1) is 12.7 Å². The molecule has 2 aliphatic heterocycles. The van der Waals surface area contributed by atoms with Gasteiger partial charge < -0.3 is 9.64 Å². The summed E-state index contributed by atoms with van der Waals surface area (Å²) in [7, 11) is 0. The third kappa shape index (κ3) is 3.90. The molecule has 1 spiro atoms. The van der Waals surface area contributed by atoms with Crippen LogP contribution in [-0.2, 0) is 11.8 Å². The topological polar surface area (TPSA) is 29.5 Å². The van der Waals surface area contributed by atoms with Crippen LogP contribution in [0.2, 0.25) is 0 Å². The second-order valence-electron chi connectivity index (χ2n) is 9.63. The number of rotatable bonds is 1. The van der Waals surface area contributed by atoms with Gasteiger partial charge in [0.15, 0.2) is 0 Å². The van der Waals surface area contributed by atoms with Gasteiger partial charge in [-0.05, 0) is 54.5 Å². The highest BCUT2D eigenvalue weighted by Crippen LogP contribution is 2.40. The minimum atomic E-state index is -0.306. The lowest BCUT2D eigenvalue weighted by Gasteiger charge is -2.44. The highest BCUT2D eigenvalue weighted by atomic mass is 19.1. The predicted octanol–water partition coefficient (Wildman–Crippen LogP) is 5.43. The highest BCUT2D eigenvalue weighted by molar-refractivity contribution is 5.94. The number of carbonyl (C=O) groups is 1. The molecule has 2 aliphatic rings. The standard InChI is InChI=1S/C25H30FNO2/c1-17-5-8-22-18(15-17)9-10-25(29-22)11-13-27(14-12-25)23(28)19-6-7-20(21(26)16-19)24(2,3)4/h5-8,15-16H,9-14H2,1-4H3. The molecule has 4 heteroatoms. The van der Waals surface area contributed by atoms with Gasteiger partial charge in [-0.1, -0.05) is 44.5 Å². The maximum Gasteiger partial charge on any atom is 0.253 e. The molecule has 4 rings (SSSR count). The van der Waals surface area contributed by atoms with E-state index in [0.717, 1.165) is 31.4 Å². The third-order valence-electron chi connectivity index (χ3n) is 6.38. The van der Waals surface area contributed by atoms with E-state index in [0.29, 0.717) is 24.2 Å². The van der Waals surface area contributed by atoms with Crippen LogP contribution in [0.4, 0.5) is 4.39 Å². The number of nitrogens with zero attached hydrogens (tertiary/aromatic N) is 1. The first kappa shape index (κ1) is 19.9. The summed E-state index contributed by atoms with van der Waals surface area (Å²) in [5.74, 6) is 0.590. The smallest absolute Gasteiger partial charge is 0.253 e. The molecule has 1 fully saturated rings. The summed E-state index contributed by atoms with van der Waals surface area (Å²) < 4.78 is 21.0. The van der Waals surface area contributed by atoms with E-state index >= 15 is 0 Å². The minimum Gasteiger partial charge on any atom is -0.487 e. The first-order valence-electron chi connectivity index (χ1n) is 10.5. The van der Waals surface area contributed by atoms with Crippen LogP contribution in [0.1, 0.15) is 67.1 Å². The first-order chi connectivity index (χ1) is 13.7. The molecule has 3 nitrogen and oxygen atoms in total. The Morgan fingerprint density at radius 3 is 2.45 bits per heavy atom. The van der Waals surface area contributed by atoms with Crippen LogP contribution in [-0.4, -0.2) is 29.5 Å². The number of likely N-dealkylation sites (tertiary alicyclic amines) is 1. The van der Waals surface area contributed by atoms with E-state index in [-0.39, 0.29) is 22.7 Å². The van der Waals surface area contributed by atoms with Crippen molar-refractivity contribution < 1.29 is 13.9 Å². The van der Waals surface area contributed by atoms with Gasteiger partial charge in [0.25, 0.3) is 5.91 Å². The van der Waals surface area contributed by atoms with Crippen LogP contribution < -0.4 is 4.74 Å². The van der Waals surface area contributed by atoms with Crippen LogP contribution >= 0.6 is 0 Å². The fraction of sp³-hybridized carbons (Fsp3) is 0.480. The third-order valence-corrected chi connectivity index (χ3v) is 6.38. The Morgan fingerprint density at radius 2 is 1.79 bits per heavy atom. The second kappa shape index (κ2) is 7.16. The van der Waals surface area contributed by atoms with Gasteiger partial charge in [0, 0.05) is 31.5 Å². The van der Waals surface area contributed by atoms with Gasteiger partial charge in [0.05, 0.1) is 0 Å². The summed E-state index contributed by atoms with van der Waals surface area (Å²) in [5, 5.41) is 0. The predicted molar refractivity (Wildman–Crippen MR) is 113 cm³/mol. The molecular formula is C25H30FNO2. The van der Waals surface area contributed by atoms with Crippen LogP contribution in [0.15, 0.2) is 36.4 Å². The SMILES string of the molecule is Cc1ccc2c(c1)CCC1(CCN(C(=O)c3ccc(C(C)(C)C)c(F)c3)CC1)O2. The molecule has 0 aliphatic carbocycles. The van der Waals surface area contributed by atoms with Crippen molar-refractivity contribution in [1.29, 1.82) is 0 Å². The number of aryl methyl sites for hydroxylation is 2. The molecule has 154 valence electrons. The molecule has 0 N–H and O–H groups in total. The molecule has 1 amide bonds. The Kier molecular flexibility index (Phi) is 4.92. The first-order valence-corrected chi connectivity index (χ1v) is 10.5. The molecule has 0 aromatic heterocycles. The molecule has 2 aromatic rings. The van der Waals surface area contributed by atoms with E-state index in [1.54, 1.807) is 12.1 Å². The summed E-state index contributed by atoms with van der Waals surface area (Å²) in [6.07, 6.45) is 3.63. The summed E-state index contributed by atoms with van der Waals surface area (Å²) in [5.41, 5.74) is 3.14. The number of hydrogen-bond acceptors (Lipinski definition) is 2. The Bertz CT molecular complexity index is 936. The highest BCUT2D eigenvalue weighted by Gasteiger charge is 2.40. The molecule has 0 saturated carbocycles. The average Bonchev–Trinajstić information content (AvgIpc) is 2.67. The molecule has 29 heavy (non-hydrogen) atoms. The summed E-state index contributed by atoms with van der Waals surface area (Å²) >= 11 is 0. The van der Waals surface area contributed by atoms with Crippen molar-refractivity contribution >= 4 is 5.91 Å². The van der Waals surface area contributed by atoms with Crippen molar-refractivity contribution in [2.24, 2.45) is 0 Å². The Balaban J connectivity index is 1.44. The van der Waals surface area contributed by atoms with E-state index in [2.05, 4.69) is 25.1 Å². The van der Waals surface area contributed by atoms with E-state index in [1.165, 1.54) is 17.2 Å². The molecule has 2 aromatic carbocycles. The van der Waals surface area contributed by atoms with Gasteiger partial charge in [-0.15, -0.1) is 0 Å². The number of amides is 1. The second-order valence-corrected chi connectivity index (χ2v) is 9.63. The molecule has 0 radical (unpaired) electrons. The van der Waals surface area contributed by atoms with Gasteiger partial charge in [-0.25, -0.2) is 4.39 Å². The normalized spacial score (nSPS) is 18.3. The zero-order valence-electron chi connectivity index (χ0n) is 17.8. The van der Waals surface area contributed by atoms with Crippen LogP contribution in [0.3, 0.4) is 0 Å². The molecular weight excluding hydrogens is 365 g/mol. The molecule has 0 atom stereocenters. The number of halogens is 1. The van der Waals surface area contributed by atoms with Gasteiger partial charge in [0.1, 0.15) is 17.2 Å². The molecule has 1 saturated heterocycles. The maximum absolute atomic E-state index is 14.5. The number of benzene rings is 2. The summed E-state index contributed by atoms with van der Waals surface area (Å²) in [6.45, 7) is 9.30. The lowest BCUT2D eigenvalue weighted by Crippen LogP contribution is -2.51. The Hall–Kier alpha value is -2.36.